The van der Waals surface area contributed by atoms with Gasteiger partial charge in [0.2, 0.25) is 0 Å². The van der Waals surface area contributed by atoms with E-state index in [1.807, 2.05) is 26.2 Å². The number of rotatable bonds is 9. The lowest BCUT2D eigenvalue weighted by Gasteiger charge is -2.16. The zero-order chi connectivity index (χ0) is 17.1. The van der Waals surface area contributed by atoms with E-state index in [-0.39, 0.29) is 0 Å². The van der Waals surface area contributed by atoms with Crippen molar-refractivity contribution < 1.29 is 4.74 Å². The Morgan fingerprint density at radius 1 is 1.30 bits per heavy atom. The van der Waals surface area contributed by atoms with E-state index < -0.39 is 0 Å². The largest absolute Gasteiger partial charge is 0.492 e. The summed E-state index contributed by atoms with van der Waals surface area (Å²) in [7, 11) is 4.09. The third-order valence-electron chi connectivity index (χ3n) is 3.47. The smallest absolute Gasteiger partial charge is 0.191 e. The van der Waals surface area contributed by atoms with Crippen LogP contribution in [0.4, 0.5) is 0 Å². The molecule has 1 atom stereocenters. The van der Waals surface area contributed by atoms with Crippen LogP contribution in [0.1, 0.15) is 32.8 Å². The van der Waals surface area contributed by atoms with Crippen molar-refractivity contribution in [2.24, 2.45) is 4.99 Å². The molecule has 0 heterocycles. The third-order valence-corrected chi connectivity index (χ3v) is 3.47. The van der Waals surface area contributed by atoms with E-state index in [4.69, 9.17) is 4.74 Å². The molecule has 1 unspecified atom stereocenters. The van der Waals surface area contributed by atoms with Crippen LogP contribution in [0, 0.1) is 0 Å². The molecule has 2 N–H and O–H groups in total. The lowest BCUT2D eigenvalue weighted by molar-refractivity contribution is 0.261. The Kier molecular flexibility index (Phi) is 9.14. The number of benzene rings is 1. The van der Waals surface area contributed by atoms with Gasteiger partial charge >= 0.3 is 0 Å². The summed E-state index contributed by atoms with van der Waals surface area (Å²) in [4.78, 5) is 6.76. The average molecular weight is 320 g/mol. The summed E-state index contributed by atoms with van der Waals surface area (Å²) in [6.45, 7) is 9.49. The van der Waals surface area contributed by atoms with Crippen LogP contribution in [-0.4, -0.2) is 50.7 Å². The van der Waals surface area contributed by atoms with Crippen molar-refractivity contribution in [2.75, 3.05) is 33.8 Å². The van der Waals surface area contributed by atoms with Crippen molar-refractivity contribution >= 4 is 5.96 Å². The van der Waals surface area contributed by atoms with Crippen molar-refractivity contribution in [2.45, 2.75) is 39.8 Å². The van der Waals surface area contributed by atoms with Gasteiger partial charge in [0.25, 0.3) is 0 Å². The number of guanidine groups is 1. The maximum absolute atomic E-state index is 5.77. The van der Waals surface area contributed by atoms with E-state index in [2.05, 4.69) is 53.4 Å². The first-order chi connectivity index (χ1) is 11.0. The molecule has 0 aliphatic carbocycles. The molecule has 0 bridgehead atoms. The lowest BCUT2D eigenvalue weighted by Crippen LogP contribution is -2.41. The van der Waals surface area contributed by atoms with Crippen LogP contribution in [0.3, 0.4) is 0 Å². The topological polar surface area (TPSA) is 48.9 Å². The maximum Gasteiger partial charge on any atom is 0.191 e. The fourth-order valence-corrected chi connectivity index (χ4v) is 1.91. The Labute approximate surface area is 141 Å². The van der Waals surface area contributed by atoms with E-state index in [1.54, 1.807) is 0 Å². The second-order valence-corrected chi connectivity index (χ2v) is 5.95. The molecular formula is C18H32N4O. The molecule has 0 fully saturated rings. The standard InChI is InChI=1S/C18H32N4O/c1-6-15(3)21-18(19-7-2)20-14-16-9-8-10-17(13-16)23-12-11-22(4)5/h8-10,13,15H,6-7,11-12,14H2,1-5H3,(H2,19,20,21). The molecule has 1 rings (SSSR count). The highest BCUT2D eigenvalue weighted by Gasteiger charge is 2.03. The highest BCUT2D eigenvalue weighted by atomic mass is 16.5. The number of likely N-dealkylation sites (N-methyl/N-ethyl adjacent to an activating group) is 1. The minimum atomic E-state index is 0.411. The zero-order valence-corrected chi connectivity index (χ0v) is 15.2. The minimum Gasteiger partial charge on any atom is -0.492 e. The summed E-state index contributed by atoms with van der Waals surface area (Å²) in [5, 5.41) is 6.68. The Balaban J connectivity index is 2.61. The summed E-state index contributed by atoms with van der Waals surface area (Å²) in [5.74, 6) is 1.76. The molecule has 0 amide bonds. The Hall–Kier alpha value is -1.75. The average Bonchev–Trinajstić information content (AvgIpc) is 2.52. The van der Waals surface area contributed by atoms with Gasteiger partial charge in [-0.15, -0.1) is 0 Å². The molecule has 0 radical (unpaired) electrons. The monoisotopic (exact) mass is 320 g/mol. The second kappa shape index (κ2) is 10.9. The zero-order valence-electron chi connectivity index (χ0n) is 15.2. The van der Waals surface area contributed by atoms with Crippen molar-refractivity contribution in [3.8, 4) is 5.75 Å². The minimum absolute atomic E-state index is 0.411. The highest BCUT2D eigenvalue weighted by molar-refractivity contribution is 5.80. The summed E-state index contributed by atoms with van der Waals surface area (Å²) in [6, 6.07) is 8.56. The predicted octanol–water partition coefficient (Wildman–Crippen LogP) is 2.48. The van der Waals surface area contributed by atoms with E-state index in [0.29, 0.717) is 19.2 Å². The van der Waals surface area contributed by atoms with Crippen LogP contribution in [0.2, 0.25) is 0 Å². The Morgan fingerprint density at radius 2 is 2.09 bits per heavy atom. The first-order valence-corrected chi connectivity index (χ1v) is 8.46. The summed E-state index contributed by atoms with van der Waals surface area (Å²) < 4.78 is 5.77. The SMILES string of the molecule is CCNC(=NCc1cccc(OCCN(C)C)c1)NC(C)CC. The van der Waals surface area contributed by atoms with Gasteiger partial charge in [-0.25, -0.2) is 4.99 Å². The van der Waals surface area contributed by atoms with Gasteiger partial charge in [0.15, 0.2) is 5.96 Å². The quantitative estimate of drug-likeness (QED) is 0.542. The maximum atomic E-state index is 5.77. The third kappa shape index (κ3) is 8.45. The Bertz CT molecular complexity index is 474. The molecule has 0 saturated carbocycles. The first-order valence-electron chi connectivity index (χ1n) is 8.46. The normalized spacial score (nSPS) is 13.0. The van der Waals surface area contributed by atoms with Gasteiger partial charge in [0.05, 0.1) is 6.54 Å². The molecule has 0 spiro atoms. The molecule has 5 heteroatoms. The molecule has 0 aromatic heterocycles. The number of nitrogens with zero attached hydrogens (tertiary/aromatic N) is 2. The van der Waals surface area contributed by atoms with Gasteiger partial charge in [0.1, 0.15) is 12.4 Å². The van der Waals surface area contributed by atoms with Crippen LogP contribution < -0.4 is 15.4 Å². The lowest BCUT2D eigenvalue weighted by atomic mass is 10.2. The van der Waals surface area contributed by atoms with Crippen LogP contribution in [0.25, 0.3) is 0 Å². The number of aliphatic imine (C=N–C) groups is 1. The van der Waals surface area contributed by atoms with Gasteiger partial charge < -0.3 is 20.3 Å². The van der Waals surface area contributed by atoms with Crippen molar-refractivity contribution in [3.05, 3.63) is 29.8 Å². The van der Waals surface area contributed by atoms with Crippen molar-refractivity contribution in [3.63, 3.8) is 0 Å². The summed E-state index contributed by atoms with van der Waals surface area (Å²) >= 11 is 0. The molecule has 130 valence electrons. The molecule has 0 aliphatic heterocycles. The molecule has 1 aromatic carbocycles. The van der Waals surface area contributed by atoms with Gasteiger partial charge in [-0.05, 0) is 52.1 Å². The molecule has 5 nitrogen and oxygen atoms in total. The number of ether oxygens (including phenoxy) is 1. The molecule has 1 aromatic rings. The van der Waals surface area contributed by atoms with E-state index >= 15 is 0 Å². The van der Waals surface area contributed by atoms with Gasteiger partial charge in [-0.2, -0.15) is 0 Å². The van der Waals surface area contributed by atoms with E-state index in [9.17, 15) is 0 Å². The van der Waals surface area contributed by atoms with Crippen LogP contribution in [0.15, 0.2) is 29.3 Å². The van der Waals surface area contributed by atoms with Crippen LogP contribution in [0.5, 0.6) is 5.75 Å². The predicted molar refractivity (Wildman–Crippen MR) is 98.2 cm³/mol. The molecular weight excluding hydrogens is 288 g/mol. The van der Waals surface area contributed by atoms with Crippen molar-refractivity contribution in [1.82, 2.24) is 15.5 Å². The Morgan fingerprint density at radius 3 is 2.74 bits per heavy atom. The first kappa shape index (κ1) is 19.3. The van der Waals surface area contributed by atoms with E-state index in [0.717, 1.165) is 36.8 Å². The van der Waals surface area contributed by atoms with Gasteiger partial charge in [-0.3, -0.25) is 0 Å². The molecule has 23 heavy (non-hydrogen) atoms. The molecule has 0 saturated heterocycles. The fraction of sp³-hybridized carbons (Fsp3) is 0.611. The van der Waals surface area contributed by atoms with Gasteiger partial charge in [0, 0.05) is 19.1 Å². The fourth-order valence-electron chi connectivity index (χ4n) is 1.91. The van der Waals surface area contributed by atoms with Crippen LogP contribution in [-0.2, 0) is 6.54 Å². The summed E-state index contributed by atoms with van der Waals surface area (Å²) in [5.41, 5.74) is 1.15. The second-order valence-electron chi connectivity index (χ2n) is 5.95. The summed E-state index contributed by atoms with van der Waals surface area (Å²) in [6.07, 6.45) is 1.07. The number of hydrogen-bond donors (Lipinski definition) is 2. The molecule has 0 aliphatic rings. The number of hydrogen-bond acceptors (Lipinski definition) is 3. The van der Waals surface area contributed by atoms with Gasteiger partial charge in [-0.1, -0.05) is 19.1 Å². The van der Waals surface area contributed by atoms with Crippen molar-refractivity contribution in [1.29, 1.82) is 0 Å². The number of nitrogens with one attached hydrogen (secondary N) is 2. The highest BCUT2D eigenvalue weighted by Crippen LogP contribution is 2.14. The van der Waals surface area contributed by atoms with Crippen LogP contribution >= 0.6 is 0 Å². The van der Waals surface area contributed by atoms with E-state index in [1.165, 1.54) is 0 Å².